The van der Waals surface area contributed by atoms with E-state index in [0.29, 0.717) is 28.2 Å². The molecule has 4 rings (SSSR count). The standard InChI is InChI=1S/C19H18FN5O3/c1-9(2)28-19(27)23-18-21-13-7-6-10(8-14(13)22-18)16-15-11(17(26)25-24-16)4-3-5-12(15)20/h3-9,19,27H,1-2H3,(H,25,26)(H2,21,22,23). The van der Waals surface area contributed by atoms with Gasteiger partial charge in [-0.2, -0.15) is 5.10 Å². The molecule has 1 unspecified atom stereocenters. The number of aromatic nitrogens is 4. The third kappa shape index (κ3) is 3.32. The van der Waals surface area contributed by atoms with E-state index in [1.54, 1.807) is 38.1 Å². The van der Waals surface area contributed by atoms with Crippen molar-refractivity contribution in [2.45, 2.75) is 26.4 Å². The van der Waals surface area contributed by atoms with Crippen LogP contribution in [0.4, 0.5) is 10.3 Å². The number of ether oxygens (including phenoxy) is 1. The molecule has 28 heavy (non-hydrogen) atoms. The fourth-order valence-electron chi connectivity index (χ4n) is 3.02. The van der Waals surface area contributed by atoms with Gasteiger partial charge in [-0.15, -0.1) is 0 Å². The Morgan fingerprint density at radius 1 is 1.25 bits per heavy atom. The minimum absolute atomic E-state index is 0.153. The third-order valence-electron chi connectivity index (χ3n) is 4.18. The van der Waals surface area contributed by atoms with Gasteiger partial charge in [-0.25, -0.2) is 14.5 Å². The Labute approximate surface area is 158 Å². The van der Waals surface area contributed by atoms with Gasteiger partial charge < -0.3 is 20.1 Å². The van der Waals surface area contributed by atoms with Crippen LogP contribution in [0.15, 0.2) is 41.2 Å². The van der Waals surface area contributed by atoms with Crippen LogP contribution in [0.2, 0.25) is 0 Å². The molecular weight excluding hydrogens is 365 g/mol. The first kappa shape index (κ1) is 18.1. The van der Waals surface area contributed by atoms with Gasteiger partial charge >= 0.3 is 0 Å². The largest absolute Gasteiger partial charge is 0.351 e. The van der Waals surface area contributed by atoms with E-state index in [-0.39, 0.29) is 16.9 Å². The molecule has 0 saturated carbocycles. The number of aliphatic hydroxyl groups is 1. The summed E-state index contributed by atoms with van der Waals surface area (Å²) in [7, 11) is 0. The van der Waals surface area contributed by atoms with Crippen LogP contribution >= 0.6 is 0 Å². The van der Waals surface area contributed by atoms with Crippen molar-refractivity contribution in [2.75, 3.05) is 5.32 Å². The number of anilines is 1. The van der Waals surface area contributed by atoms with Crippen LogP contribution in [-0.4, -0.2) is 37.8 Å². The number of aliphatic hydroxyl groups excluding tert-OH is 1. The topological polar surface area (TPSA) is 116 Å². The average molecular weight is 383 g/mol. The molecule has 9 heteroatoms. The number of benzene rings is 2. The number of halogens is 1. The molecule has 0 aliphatic carbocycles. The number of imidazole rings is 1. The molecule has 0 radical (unpaired) electrons. The molecule has 4 N–H and O–H groups in total. The van der Waals surface area contributed by atoms with Gasteiger partial charge in [0.25, 0.3) is 5.56 Å². The maximum absolute atomic E-state index is 14.4. The summed E-state index contributed by atoms with van der Waals surface area (Å²) in [6.45, 7) is 3.60. The summed E-state index contributed by atoms with van der Waals surface area (Å²) >= 11 is 0. The van der Waals surface area contributed by atoms with Crippen LogP contribution < -0.4 is 10.9 Å². The molecule has 0 amide bonds. The SMILES string of the molecule is CC(C)OC(O)Nc1nc2cc(-c3n[nH]c(=O)c4cccc(F)c34)ccc2[nH]1. The van der Waals surface area contributed by atoms with E-state index in [1.807, 2.05) is 0 Å². The van der Waals surface area contributed by atoms with Crippen molar-refractivity contribution < 1.29 is 14.2 Å². The zero-order valence-corrected chi connectivity index (χ0v) is 15.2. The summed E-state index contributed by atoms with van der Waals surface area (Å²) in [4.78, 5) is 19.4. The van der Waals surface area contributed by atoms with Crippen LogP contribution in [0.25, 0.3) is 33.1 Å². The molecule has 0 saturated heterocycles. The molecule has 4 aromatic rings. The Morgan fingerprint density at radius 2 is 2.07 bits per heavy atom. The number of H-pyrrole nitrogens is 2. The third-order valence-corrected chi connectivity index (χ3v) is 4.18. The number of nitrogens with zero attached hydrogens (tertiary/aromatic N) is 2. The first-order chi connectivity index (χ1) is 13.4. The van der Waals surface area contributed by atoms with E-state index < -0.39 is 17.8 Å². The van der Waals surface area contributed by atoms with Crippen LogP contribution in [-0.2, 0) is 4.74 Å². The van der Waals surface area contributed by atoms with E-state index in [0.717, 1.165) is 0 Å². The zero-order chi connectivity index (χ0) is 19.8. The Kier molecular flexibility index (Phi) is 4.54. The molecule has 0 aliphatic rings. The second-order valence-corrected chi connectivity index (χ2v) is 6.56. The molecule has 2 heterocycles. The van der Waals surface area contributed by atoms with E-state index in [2.05, 4.69) is 25.5 Å². The highest BCUT2D eigenvalue weighted by Gasteiger charge is 2.15. The molecule has 2 aromatic carbocycles. The lowest BCUT2D eigenvalue weighted by atomic mass is 10.0. The second kappa shape index (κ2) is 7.02. The monoisotopic (exact) mass is 383 g/mol. The highest BCUT2D eigenvalue weighted by Crippen LogP contribution is 2.29. The minimum atomic E-state index is -1.21. The maximum atomic E-state index is 14.4. The fourth-order valence-corrected chi connectivity index (χ4v) is 3.02. The van der Waals surface area contributed by atoms with Crippen molar-refractivity contribution in [3.63, 3.8) is 0 Å². The molecule has 144 valence electrons. The molecule has 0 aliphatic heterocycles. The van der Waals surface area contributed by atoms with Gasteiger partial charge in [0.15, 0.2) is 0 Å². The lowest BCUT2D eigenvalue weighted by molar-refractivity contribution is -0.106. The molecule has 0 bridgehead atoms. The van der Waals surface area contributed by atoms with Crippen molar-refractivity contribution in [1.82, 2.24) is 20.2 Å². The Balaban J connectivity index is 1.76. The Bertz CT molecular complexity index is 1220. The normalized spacial score (nSPS) is 12.8. The summed E-state index contributed by atoms with van der Waals surface area (Å²) in [6.07, 6.45) is -1.37. The number of hydrogen-bond acceptors (Lipinski definition) is 6. The lowest BCUT2D eigenvalue weighted by Crippen LogP contribution is -2.26. The molecule has 8 nitrogen and oxygen atoms in total. The van der Waals surface area contributed by atoms with Crippen LogP contribution in [0.3, 0.4) is 0 Å². The number of nitrogens with one attached hydrogen (secondary N) is 3. The van der Waals surface area contributed by atoms with Gasteiger partial charge in [0.1, 0.15) is 11.5 Å². The fraction of sp³-hybridized carbons (Fsp3) is 0.211. The van der Waals surface area contributed by atoms with Gasteiger partial charge in [0.05, 0.1) is 27.9 Å². The Hall–Kier alpha value is -3.30. The van der Waals surface area contributed by atoms with Crippen molar-refractivity contribution in [2.24, 2.45) is 0 Å². The van der Waals surface area contributed by atoms with Crippen LogP contribution in [0.1, 0.15) is 13.8 Å². The smallest absolute Gasteiger partial charge is 0.272 e. The van der Waals surface area contributed by atoms with E-state index in [4.69, 9.17) is 4.74 Å². The van der Waals surface area contributed by atoms with E-state index in [9.17, 15) is 14.3 Å². The second-order valence-electron chi connectivity index (χ2n) is 6.56. The van der Waals surface area contributed by atoms with Crippen molar-refractivity contribution >= 4 is 27.8 Å². The van der Waals surface area contributed by atoms with E-state index in [1.165, 1.54) is 12.1 Å². The number of aromatic amines is 2. The molecule has 0 spiro atoms. The van der Waals surface area contributed by atoms with Gasteiger partial charge in [0.2, 0.25) is 12.4 Å². The van der Waals surface area contributed by atoms with Gasteiger partial charge in [-0.1, -0.05) is 12.1 Å². The predicted molar refractivity (Wildman–Crippen MR) is 103 cm³/mol. The molecule has 0 fully saturated rings. The summed E-state index contributed by atoms with van der Waals surface area (Å²) in [5.41, 5.74) is 1.74. The first-order valence-corrected chi connectivity index (χ1v) is 8.69. The summed E-state index contributed by atoms with van der Waals surface area (Å²) in [6, 6.07) is 9.55. The minimum Gasteiger partial charge on any atom is -0.351 e. The van der Waals surface area contributed by atoms with Crippen molar-refractivity contribution in [3.05, 3.63) is 52.6 Å². The first-order valence-electron chi connectivity index (χ1n) is 8.69. The Morgan fingerprint density at radius 3 is 2.86 bits per heavy atom. The highest BCUT2D eigenvalue weighted by molar-refractivity contribution is 5.96. The summed E-state index contributed by atoms with van der Waals surface area (Å²) < 4.78 is 19.6. The van der Waals surface area contributed by atoms with Gasteiger partial charge in [-0.05, 0) is 38.1 Å². The van der Waals surface area contributed by atoms with Crippen molar-refractivity contribution in [1.29, 1.82) is 0 Å². The van der Waals surface area contributed by atoms with Crippen LogP contribution in [0, 0.1) is 5.82 Å². The highest BCUT2D eigenvalue weighted by atomic mass is 19.1. The molecule has 2 aromatic heterocycles. The van der Waals surface area contributed by atoms with Crippen molar-refractivity contribution in [3.8, 4) is 11.3 Å². The van der Waals surface area contributed by atoms with Crippen LogP contribution in [0.5, 0.6) is 0 Å². The quantitative estimate of drug-likeness (QED) is 0.394. The summed E-state index contributed by atoms with van der Waals surface area (Å²) in [5, 5.41) is 19.4. The zero-order valence-electron chi connectivity index (χ0n) is 15.2. The molecular formula is C19H18FN5O3. The lowest BCUT2D eigenvalue weighted by Gasteiger charge is -2.15. The van der Waals surface area contributed by atoms with Gasteiger partial charge in [0, 0.05) is 5.56 Å². The van der Waals surface area contributed by atoms with Gasteiger partial charge in [-0.3, -0.25) is 4.79 Å². The molecule has 1 atom stereocenters. The van der Waals surface area contributed by atoms with E-state index >= 15 is 0 Å². The predicted octanol–water partition coefficient (Wildman–Crippen LogP) is 2.72. The summed E-state index contributed by atoms with van der Waals surface area (Å²) in [5.74, 6) is -0.199. The number of rotatable bonds is 5. The number of hydrogen-bond donors (Lipinski definition) is 4. The average Bonchev–Trinajstić information content (AvgIpc) is 3.03. The maximum Gasteiger partial charge on any atom is 0.272 e. The number of fused-ring (bicyclic) bond motifs is 2.